The summed E-state index contributed by atoms with van der Waals surface area (Å²) in [4.78, 5) is 13.6. The van der Waals surface area contributed by atoms with Crippen LogP contribution in [0, 0.1) is 0 Å². The van der Waals surface area contributed by atoms with E-state index < -0.39 is 5.97 Å². The van der Waals surface area contributed by atoms with E-state index in [9.17, 15) is 9.90 Å². The van der Waals surface area contributed by atoms with Crippen LogP contribution in [0.15, 0.2) is 46.9 Å². The van der Waals surface area contributed by atoms with Crippen LogP contribution < -0.4 is 0 Å². The average Bonchev–Trinajstić information content (AvgIpc) is 2.48. The third kappa shape index (κ3) is 3.17. The molecule has 1 heterocycles. The van der Waals surface area contributed by atoms with Crippen molar-refractivity contribution in [3.8, 4) is 0 Å². The number of nitrogens with zero attached hydrogens (tertiary/aromatic N) is 1. The average molecular weight is 346 g/mol. The first-order chi connectivity index (χ1) is 10.1. The van der Waals surface area contributed by atoms with Gasteiger partial charge in [-0.3, -0.25) is 4.90 Å². The van der Waals surface area contributed by atoms with Crippen LogP contribution in [0.3, 0.4) is 0 Å². The minimum atomic E-state index is -0.826. The zero-order valence-electron chi connectivity index (χ0n) is 11.6. The largest absolute Gasteiger partial charge is 0.478 e. The molecule has 0 saturated carbocycles. The Kier molecular flexibility index (Phi) is 4.08. The Morgan fingerprint density at radius 3 is 2.67 bits per heavy atom. The Morgan fingerprint density at radius 1 is 1.19 bits per heavy atom. The van der Waals surface area contributed by atoms with Gasteiger partial charge in [-0.1, -0.05) is 40.2 Å². The summed E-state index contributed by atoms with van der Waals surface area (Å²) in [6.45, 7) is 2.60. The van der Waals surface area contributed by atoms with Crippen LogP contribution >= 0.6 is 15.9 Å². The van der Waals surface area contributed by atoms with E-state index in [1.807, 2.05) is 12.1 Å². The van der Waals surface area contributed by atoms with E-state index in [0.29, 0.717) is 5.56 Å². The standard InChI is InChI=1S/C17H16BrNO2/c18-14-6-4-12(5-7-14)10-19-9-8-15-13(11-19)2-1-3-16(15)17(20)21/h1-7H,8-11H2,(H,20,21). The lowest BCUT2D eigenvalue weighted by Gasteiger charge is -2.29. The molecule has 0 aromatic heterocycles. The molecular weight excluding hydrogens is 330 g/mol. The molecule has 4 heteroatoms. The van der Waals surface area contributed by atoms with Gasteiger partial charge in [0.15, 0.2) is 0 Å². The quantitative estimate of drug-likeness (QED) is 0.921. The van der Waals surface area contributed by atoms with Gasteiger partial charge in [0, 0.05) is 24.1 Å². The molecule has 108 valence electrons. The molecule has 1 N–H and O–H groups in total. The van der Waals surface area contributed by atoms with E-state index in [1.165, 1.54) is 5.56 Å². The molecule has 21 heavy (non-hydrogen) atoms. The SMILES string of the molecule is O=C(O)c1cccc2c1CCN(Cc1ccc(Br)cc1)C2. The van der Waals surface area contributed by atoms with Gasteiger partial charge in [-0.25, -0.2) is 4.79 Å². The molecule has 0 aliphatic carbocycles. The number of hydrogen-bond donors (Lipinski definition) is 1. The highest BCUT2D eigenvalue weighted by Gasteiger charge is 2.21. The normalized spacial score (nSPS) is 14.7. The van der Waals surface area contributed by atoms with E-state index in [-0.39, 0.29) is 0 Å². The molecule has 0 bridgehead atoms. The van der Waals surface area contributed by atoms with Crippen LogP contribution in [-0.2, 0) is 19.5 Å². The van der Waals surface area contributed by atoms with Gasteiger partial charge in [-0.2, -0.15) is 0 Å². The summed E-state index contributed by atoms with van der Waals surface area (Å²) in [7, 11) is 0. The fourth-order valence-corrected chi connectivity index (χ4v) is 3.12. The molecule has 0 radical (unpaired) electrons. The Labute approximate surface area is 132 Å². The summed E-state index contributed by atoms with van der Waals surface area (Å²) in [6.07, 6.45) is 0.800. The lowest BCUT2D eigenvalue weighted by atomic mass is 9.94. The molecule has 0 unspecified atom stereocenters. The topological polar surface area (TPSA) is 40.5 Å². The van der Waals surface area contributed by atoms with Gasteiger partial charge in [0.1, 0.15) is 0 Å². The maximum Gasteiger partial charge on any atom is 0.335 e. The predicted octanol–water partition coefficient (Wildman–Crippen LogP) is 3.71. The third-order valence-electron chi connectivity index (χ3n) is 3.89. The molecule has 1 aliphatic heterocycles. The van der Waals surface area contributed by atoms with Crippen molar-refractivity contribution in [2.24, 2.45) is 0 Å². The molecule has 0 amide bonds. The molecule has 0 fully saturated rings. The molecular formula is C17H16BrNO2. The van der Waals surface area contributed by atoms with Crippen molar-refractivity contribution < 1.29 is 9.90 Å². The van der Waals surface area contributed by atoms with Crippen molar-refractivity contribution in [3.05, 3.63) is 69.2 Å². The number of halogens is 1. The number of aromatic carboxylic acids is 1. The van der Waals surface area contributed by atoms with Crippen LogP contribution in [0.25, 0.3) is 0 Å². The fourth-order valence-electron chi connectivity index (χ4n) is 2.85. The van der Waals surface area contributed by atoms with Crippen LogP contribution in [0.1, 0.15) is 27.0 Å². The fraction of sp³-hybridized carbons (Fsp3) is 0.235. The number of fused-ring (bicyclic) bond motifs is 1. The van der Waals surface area contributed by atoms with Gasteiger partial charge in [-0.15, -0.1) is 0 Å². The van der Waals surface area contributed by atoms with Gasteiger partial charge < -0.3 is 5.11 Å². The van der Waals surface area contributed by atoms with Crippen molar-refractivity contribution in [2.75, 3.05) is 6.54 Å². The third-order valence-corrected chi connectivity index (χ3v) is 4.42. The van der Waals surface area contributed by atoms with Crippen molar-refractivity contribution in [3.63, 3.8) is 0 Å². The predicted molar refractivity (Wildman–Crippen MR) is 85.4 cm³/mol. The summed E-state index contributed by atoms with van der Waals surface area (Å²) in [5, 5.41) is 9.25. The van der Waals surface area contributed by atoms with Gasteiger partial charge in [0.2, 0.25) is 0 Å². The number of carboxylic acid groups (broad SMARTS) is 1. The lowest BCUT2D eigenvalue weighted by molar-refractivity contribution is 0.0694. The van der Waals surface area contributed by atoms with E-state index >= 15 is 0 Å². The van der Waals surface area contributed by atoms with E-state index in [0.717, 1.165) is 41.7 Å². The molecule has 3 rings (SSSR count). The Hall–Kier alpha value is -1.65. The monoisotopic (exact) mass is 345 g/mol. The van der Waals surface area contributed by atoms with Gasteiger partial charge in [0.05, 0.1) is 5.56 Å². The lowest BCUT2D eigenvalue weighted by Crippen LogP contribution is -2.31. The first kappa shape index (κ1) is 14.3. The molecule has 0 spiro atoms. The maximum atomic E-state index is 11.3. The summed E-state index contributed by atoms with van der Waals surface area (Å²) in [6, 6.07) is 13.9. The first-order valence-electron chi connectivity index (χ1n) is 6.94. The number of carbonyl (C=O) groups is 1. The Balaban J connectivity index is 1.77. The van der Waals surface area contributed by atoms with Crippen molar-refractivity contribution in [1.82, 2.24) is 4.90 Å². The summed E-state index contributed by atoms with van der Waals surface area (Å²) < 4.78 is 1.08. The molecule has 0 atom stereocenters. The minimum absolute atomic E-state index is 0.454. The second kappa shape index (κ2) is 6.00. The number of carboxylic acids is 1. The smallest absolute Gasteiger partial charge is 0.335 e. The number of hydrogen-bond acceptors (Lipinski definition) is 2. The van der Waals surface area contributed by atoms with Crippen LogP contribution in [0.4, 0.5) is 0 Å². The molecule has 2 aromatic rings. The van der Waals surface area contributed by atoms with Crippen molar-refractivity contribution >= 4 is 21.9 Å². The summed E-state index contributed by atoms with van der Waals surface area (Å²) in [5.41, 5.74) is 3.86. The molecule has 1 aliphatic rings. The van der Waals surface area contributed by atoms with Gasteiger partial charge in [-0.05, 0) is 41.3 Å². The highest BCUT2D eigenvalue weighted by molar-refractivity contribution is 9.10. The highest BCUT2D eigenvalue weighted by Crippen LogP contribution is 2.24. The van der Waals surface area contributed by atoms with E-state index in [2.05, 4.69) is 45.1 Å². The van der Waals surface area contributed by atoms with Gasteiger partial charge in [0.25, 0.3) is 0 Å². The highest BCUT2D eigenvalue weighted by atomic mass is 79.9. The number of benzene rings is 2. The van der Waals surface area contributed by atoms with Crippen LogP contribution in [0.2, 0.25) is 0 Å². The Bertz CT molecular complexity index is 667. The number of rotatable bonds is 3. The molecule has 3 nitrogen and oxygen atoms in total. The van der Waals surface area contributed by atoms with Crippen molar-refractivity contribution in [1.29, 1.82) is 0 Å². The van der Waals surface area contributed by atoms with E-state index in [4.69, 9.17) is 0 Å². The second-order valence-electron chi connectivity index (χ2n) is 5.34. The van der Waals surface area contributed by atoms with Crippen molar-refractivity contribution in [2.45, 2.75) is 19.5 Å². The molecule has 0 saturated heterocycles. The summed E-state index contributed by atoms with van der Waals surface area (Å²) in [5.74, 6) is -0.826. The van der Waals surface area contributed by atoms with Crippen LogP contribution in [0.5, 0.6) is 0 Å². The summed E-state index contributed by atoms with van der Waals surface area (Å²) >= 11 is 3.44. The Morgan fingerprint density at radius 2 is 1.95 bits per heavy atom. The van der Waals surface area contributed by atoms with Gasteiger partial charge >= 0.3 is 5.97 Å². The minimum Gasteiger partial charge on any atom is -0.478 e. The zero-order valence-corrected chi connectivity index (χ0v) is 13.1. The first-order valence-corrected chi connectivity index (χ1v) is 7.73. The second-order valence-corrected chi connectivity index (χ2v) is 6.25. The maximum absolute atomic E-state index is 11.3. The molecule has 2 aromatic carbocycles. The van der Waals surface area contributed by atoms with E-state index in [1.54, 1.807) is 6.07 Å². The van der Waals surface area contributed by atoms with Crippen LogP contribution in [-0.4, -0.2) is 22.5 Å². The zero-order chi connectivity index (χ0) is 14.8.